The second kappa shape index (κ2) is 9.34. The number of rotatable bonds is 8. The predicted molar refractivity (Wildman–Crippen MR) is 107 cm³/mol. The Labute approximate surface area is 164 Å². The molecule has 0 spiro atoms. The highest BCUT2D eigenvalue weighted by atomic mass is 32.2. The fourth-order valence-electron chi connectivity index (χ4n) is 2.56. The van der Waals surface area contributed by atoms with E-state index in [0.29, 0.717) is 5.56 Å². The number of hydrogen-bond donors (Lipinski definition) is 2. The molecule has 0 unspecified atom stereocenters. The van der Waals surface area contributed by atoms with Crippen molar-refractivity contribution in [2.75, 3.05) is 29.9 Å². The van der Waals surface area contributed by atoms with Crippen LogP contribution < -0.4 is 15.4 Å². The number of ether oxygens (including phenoxy) is 1. The Hall–Kier alpha value is -2.91. The van der Waals surface area contributed by atoms with Gasteiger partial charge in [-0.15, -0.1) is 0 Å². The summed E-state index contributed by atoms with van der Waals surface area (Å²) in [7, 11) is -3.88. The zero-order valence-electron chi connectivity index (χ0n) is 15.7. The Kier molecular flexibility index (Phi) is 7.13. The quantitative estimate of drug-likeness (QED) is 0.648. The minimum atomic E-state index is -3.88. The van der Waals surface area contributed by atoms with Gasteiger partial charge in [0.2, 0.25) is 10.0 Å². The van der Waals surface area contributed by atoms with E-state index in [1.807, 2.05) is 26.0 Å². The molecule has 0 heterocycles. The van der Waals surface area contributed by atoms with E-state index in [0.717, 1.165) is 18.8 Å². The number of esters is 1. The van der Waals surface area contributed by atoms with Crippen LogP contribution in [0.5, 0.6) is 0 Å². The van der Waals surface area contributed by atoms with E-state index in [1.165, 1.54) is 24.3 Å². The summed E-state index contributed by atoms with van der Waals surface area (Å²) < 4.78 is 27.7. The topological polar surface area (TPSA) is 119 Å². The van der Waals surface area contributed by atoms with Gasteiger partial charge in [0.25, 0.3) is 5.91 Å². The number of hydrogen-bond acceptors (Lipinski definition) is 6. The summed E-state index contributed by atoms with van der Waals surface area (Å²) >= 11 is 0. The van der Waals surface area contributed by atoms with Crippen LogP contribution in [0.3, 0.4) is 0 Å². The third-order valence-corrected chi connectivity index (χ3v) is 4.92. The van der Waals surface area contributed by atoms with Crippen LogP contribution in [-0.2, 0) is 19.6 Å². The first-order chi connectivity index (χ1) is 13.2. The average Bonchev–Trinajstić information content (AvgIpc) is 2.67. The monoisotopic (exact) mass is 405 g/mol. The first kappa shape index (κ1) is 21.4. The Morgan fingerprint density at radius 3 is 2.29 bits per heavy atom. The molecule has 0 saturated carbocycles. The molecule has 1 amide bonds. The molecule has 2 rings (SSSR count). The Bertz CT molecular complexity index is 938. The van der Waals surface area contributed by atoms with E-state index in [4.69, 9.17) is 9.88 Å². The summed E-state index contributed by atoms with van der Waals surface area (Å²) in [6.07, 6.45) is 0. The molecule has 0 radical (unpaired) electrons. The first-order valence-corrected chi connectivity index (χ1v) is 10.2. The highest BCUT2D eigenvalue weighted by Gasteiger charge is 2.13. The van der Waals surface area contributed by atoms with E-state index in [2.05, 4.69) is 10.2 Å². The number of anilines is 2. The van der Waals surface area contributed by atoms with Gasteiger partial charge >= 0.3 is 5.97 Å². The summed E-state index contributed by atoms with van der Waals surface area (Å²) in [6.45, 7) is 5.29. The van der Waals surface area contributed by atoms with E-state index >= 15 is 0 Å². The minimum absolute atomic E-state index is 0.129. The summed E-state index contributed by atoms with van der Waals surface area (Å²) in [5.41, 5.74) is 1.56. The van der Waals surface area contributed by atoms with Crippen LogP contribution in [0.15, 0.2) is 53.4 Å². The molecule has 2 aromatic rings. The van der Waals surface area contributed by atoms with Crippen LogP contribution in [-0.4, -0.2) is 40.0 Å². The molecular weight excluding hydrogens is 382 g/mol. The van der Waals surface area contributed by atoms with Crippen molar-refractivity contribution in [3.63, 3.8) is 0 Å². The van der Waals surface area contributed by atoms with E-state index in [9.17, 15) is 18.0 Å². The van der Waals surface area contributed by atoms with Gasteiger partial charge in [0.15, 0.2) is 6.61 Å². The van der Waals surface area contributed by atoms with Crippen molar-refractivity contribution in [2.45, 2.75) is 18.7 Å². The Morgan fingerprint density at radius 1 is 1.07 bits per heavy atom. The third kappa shape index (κ3) is 5.80. The zero-order valence-corrected chi connectivity index (χ0v) is 16.5. The summed E-state index contributed by atoms with van der Waals surface area (Å²) in [4.78, 5) is 26.1. The number of nitrogens with zero attached hydrogens (tertiary/aromatic N) is 1. The molecule has 0 aliphatic rings. The molecule has 0 aliphatic carbocycles. The average molecular weight is 405 g/mol. The first-order valence-electron chi connectivity index (χ1n) is 8.69. The lowest BCUT2D eigenvalue weighted by Gasteiger charge is -2.20. The maximum Gasteiger partial charge on any atom is 0.338 e. The number of benzene rings is 2. The van der Waals surface area contributed by atoms with Crippen LogP contribution in [0.4, 0.5) is 11.4 Å². The largest absolute Gasteiger partial charge is 0.452 e. The lowest BCUT2D eigenvalue weighted by atomic mass is 10.2. The smallest absolute Gasteiger partial charge is 0.338 e. The van der Waals surface area contributed by atoms with E-state index < -0.39 is 28.5 Å². The van der Waals surface area contributed by atoms with Crippen molar-refractivity contribution in [1.82, 2.24) is 0 Å². The molecule has 28 heavy (non-hydrogen) atoms. The van der Waals surface area contributed by atoms with Crippen LogP contribution in [0.1, 0.15) is 24.2 Å². The molecule has 0 aliphatic heterocycles. The van der Waals surface area contributed by atoms with Crippen molar-refractivity contribution in [3.8, 4) is 0 Å². The molecule has 0 atom stereocenters. The molecule has 3 N–H and O–H groups in total. The van der Waals surface area contributed by atoms with Crippen molar-refractivity contribution < 1.29 is 22.7 Å². The van der Waals surface area contributed by atoms with E-state index in [-0.39, 0.29) is 10.6 Å². The van der Waals surface area contributed by atoms with Crippen molar-refractivity contribution >= 4 is 33.3 Å². The van der Waals surface area contributed by atoms with Gasteiger partial charge in [-0.25, -0.2) is 18.4 Å². The lowest BCUT2D eigenvalue weighted by Crippen LogP contribution is -2.22. The third-order valence-electron chi connectivity index (χ3n) is 4.01. The van der Waals surface area contributed by atoms with Gasteiger partial charge in [-0.1, -0.05) is 6.07 Å². The molecule has 0 aromatic heterocycles. The van der Waals surface area contributed by atoms with Gasteiger partial charge < -0.3 is 15.0 Å². The molecule has 150 valence electrons. The van der Waals surface area contributed by atoms with Crippen LogP contribution >= 0.6 is 0 Å². The normalized spacial score (nSPS) is 11.0. The fraction of sp³-hybridized carbons (Fsp3) is 0.263. The number of carbonyl (C=O) groups excluding carboxylic acids is 2. The zero-order chi connectivity index (χ0) is 20.7. The van der Waals surface area contributed by atoms with Crippen molar-refractivity contribution in [3.05, 3.63) is 54.1 Å². The van der Waals surface area contributed by atoms with Gasteiger partial charge in [-0.2, -0.15) is 0 Å². The highest BCUT2D eigenvalue weighted by Crippen LogP contribution is 2.16. The van der Waals surface area contributed by atoms with Crippen molar-refractivity contribution in [2.24, 2.45) is 5.14 Å². The standard InChI is InChI=1S/C19H23N3O5S/c1-3-22(4-2)16-10-8-14(9-11-16)19(24)27-13-18(23)21-15-6-5-7-17(12-15)28(20,25)26/h5-12H,3-4,13H2,1-2H3,(H,21,23)(H2,20,25,26). The fourth-order valence-corrected chi connectivity index (χ4v) is 3.12. The molecular formula is C19H23N3O5S. The van der Waals surface area contributed by atoms with Gasteiger partial charge in [0.1, 0.15) is 0 Å². The summed E-state index contributed by atoms with van der Waals surface area (Å²) in [5.74, 6) is -1.22. The second-order valence-electron chi connectivity index (χ2n) is 5.92. The molecule has 0 bridgehead atoms. The molecule has 0 fully saturated rings. The molecule has 2 aromatic carbocycles. The van der Waals surface area contributed by atoms with Crippen LogP contribution in [0, 0.1) is 0 Å². The number of sulfonamides is 1. The number of nitrogens with one attached hydrogen (secondary N) is 1. The Balaban J connectivity index is 1.93. The van der Waals surface area contributed by atoms with Crippen molar-refractivity contribution in [1.29, 1.82) is 0 Å². The lowest BCUT2D eigenvalue weighted by molar-refractivity contribution is -0.119. The second-order valence-corrected chi connectivity index (χ2v) is 7.48. The van der Waals surface area contributed by atoms with Crippen LogP contribution in [0.2, 0.25) is 0 Å². The van der Waals surface area contributed by atoms with Gasteiger partial charge in [-0.3, -0.25) is 4.79 Å². The number of amides is 1. The van der Waals surface area contributed by atoms with Gasteiger partial charge in [0, 0.05) is 24.5 Å². The number of carbonyl (C=O) groups is 2. The SMILES string of the molecule is CCN(CC)c1ccc(C(=O)OCC(=O)Nc2cccc(S(N)(=O)=O)c2)cc1. The molecule has 9 heteroatoms. The van der Waals surface area contributed by atoms with Crippen LogP contribution in [0.25, 0.3) is 0 Å². The van der Waals surface area contributed by atoms with Gasteiger partial charge in [-0.05, 0) is 56.3 Å². The molecule has 8 nitrogen and oxygen atoms in total. The maximum atomic E-state index is 12.1. The molecule has 0 saturated heterocycles. The minimum Gasteiger partial charge on any atom is -0.452 e. The summed E-state index contributed by atoms with van der Waals surface area (Å²) in [6, 6.07) is 12.4. The Morgan fingerprint density at radius 2 is 1.71 bits per heavy atom. The van der Waals surface area contributed by atoms with E-state index in [1.54, 1.807) is 12.1 Å². The van der Waals surface area contributed by atoms with Gasteiger partial charge in [0.05, 0.1) is 10.5 Å². The highest BCUT2D eigenvalue weighted by molar-refractivity contribution is 7.89. The maximum absolute atomic E-state index is 12.1. The summed E-state index contributed by atoms with van der Waals surface area (Å²) in [5, 5.41) is 7.51. The number of nitrogens with two attached hydrogens (primary N) is 1. The number of primary sulfonamides is 1. The predicted octanol–water partition coefficient (Wildman–Crippen LogP) is 1.98.